The predicted molar refractivity (Wildman–Crippen MR) is 29.7 cm³/mol. The second-order valence-electron chi connectivity index (χ2n) is 1.25. The third-order valence-electron chi connectivity index (χ3n) is 0.643. The topological polar surface area (TPSA) is 83.0 Å². The van der Waals surface area contributed by atoms with Gasteiger partial charge in [-0.25, -0.2) is 4.79 Å². The van der Waals surface area contributed by atoms with Crippen LogP contribution in [0.5, 0.6) is 0 Å². The highest BCUT2D eigenvalue weighted by Crippen LogP contribution is 1.85. The maximum atomic E-state index is 10.2. The first-order valence-corrected chi connectivity index (χ1v) is 2.77. The Balaban J connectivity index is 3.12. The van der Waals surface area contributed by atoms with Crippen molar-refractivity contribution in [1.82, 2.24) is 9.36 Å². The molecule has 0 aliphatic carbocycles. The van der Waals surface area contributed by atoms with Gasteiger partial charge >= 0.3 is 10.8 Å². The molecule has 0 amide bonds. The molecular formula is C3H2N2O3S. The van der Waals surface area contributed by atoms with Gasteiger partial charge in [-0.05, 0) is 0 Å². The number of aromatic amines is 1. The number of H-pyrrole nitrogens is 1. The van der Waals surface area contributed by atoms with Gasteiger partial charge in [0.05, 0.1) is 0 Å². The number of hydrogen-bond donors (Lipinski definition) is 2. The maximum Gasteiger partial charge on any atom is 0.373 e. The number of nitrogens with zero attached hydrogens (tertiary/aromatic N) is 1. The molecule has 5 nitrogen and oxygen atoms in total. The van der Waals surface area contributed by atoms with Crippen molar-refractivity contribution in [2.75, 3.05) is 0 Å². The van der Waals surface area contributed by atoms with Crippen molar-refractivity contribution in [2.45, 2.75) is 0 Å². The van der Waals surface area contributed by atoms with Crippen LogP contribution < -0.4 is 4.87 Å². The fraction of sp³-hybridized carbons (Fsp3) is 0. The molecule has 0 aliphatic heterocycles. The smallest absolute Gasteiger partial charge is 0.373 e. The van der Waals surface area contributed by atoms with Gasteiger partial charge < -0.3 is 5.11 Å². The quantitative estimate of drug-likeness (QED) is 0.561. The number of rotatable bonds is 1. The van der Waals surface area contributed by atoms with Crippen molar-refractivity contribution in [3.8, 4) is 0 Å². The van der Waals surface area contributed by atoms with E-state index in [0.29, 0.717) is 11.5 Å². The first kappa shape index (κ1) is 5.96. The van der Waals surface area contributed by atoms with Crippen LogP contribution in [-0.4, -0.2) is 20.4 Å². The number of aromatic carboxylic acids is 1. The van der Waals surface area contributed by atoms with Crippen LogP contribution in [0.25, 0.3) is 0 Å². The first-order valence-electron chi connectivity index (χ1n) is 1.99. The van der Waals surface area contributed by atoms with Gasteiger partial charge in [0.1, 0.15) is 0 Å². The summed E-state index contributed by atoms with van der Waals surface area (Å²) >= 11 is 0.591. The predicted octanol–water partition coefficient (Wildman–Crippen LogP) is -0.470. The molecule has 6 heteroatoms. The Morgan fingerprint density at radius 1 is 1.78 bits per heavy atom. The average Bonchev–Trinajstić information content (AvgIpc) is 2.14. The summed E-state index contributed by atoms with van der Waals surface area (Å²) in [6.45, 7) is 0. The standard InChI is InChI=1S/C3H2N2O3S/c6-2(7)1-4-3(8)9-5-1/h(H,6,7)(H,4,5,8). The van der Waals surface area contributed by atoms with Crippen LogP contribution in [0.1, 0.15) is 10.6 Å². The second kappa shape index (κ2) is 1.98. The summed E-state index contributed by atoms with van der Waals surface area (Å²) in [5, 5.41) is 8.17. The van der Waals surface area contributed by atoms with E-state index in [-0.39, 0.29) is 5.82 Å². The van der Waals surface area contributed by atoms with Crippen LogP contribution in [0.4, 0.5) is 0 Å². The number of carboxylic acids is 1. The van der Waals surface area contributed by atoms with Crippen LogP contribution in [0.3, 0.4) is 0 Å². The molecule has 48 valence electrons. The Bertz CT molecular complexity index is 275. The van der Waals surface area contributed by atoms with E-state index in [9.17, 15) is 9.59 Å². The molecule has 1 heterocycles. The van der Waals surface area contributed by atoms with E-state index in [1.54, 1.807) is 0 Å². The van der Waals surface area contributed by atoms with Gasteiger partial charge in [0.25, 0.3) is 0 Å². The molecule has 0 saturated heterocycles. The van der Waals surface area contributed by atoms with Gasteiger partial charge in [0.2, 0.25) is 5.82 Å². The zero-order chi connectivity index (χ0) is 6.85. The van der Waals surface area contributed by atoms with E-state index in [0.717, 1.165) is 0 Å². The molecule has 0 spiro atoms. The summed E-state index contributed by atoms with van der Waals surface area (Å²) in [5.74, 6) is -1.52. The molecule has 0 radical (unpaired) electrons. The molecule has 0 fully saturated rings. The summed E-state index contributed by atoms with van der Waals surface area (Å²) < 4.78 is 3.29. The number of aromatic nitrogens is 2. The van der Waals surface area contributed by atoms with Crippen LogP contribution >= 0.6 is 11.5 Å². The van der Waals surface area contributed by atoms with E-state index in [2.05, 4.69) is 4.37 Å². The summed E-state index contributed by atoms with van der Waals surface area (Å²) in [5.41, 5.74) is 0. The highest BCUT2D eigenvalue weighted by molar-refractivity contribution is 7.02. The zero-order valence-corrected chi connectivity index (χ0v) is 4.94. The normalized spacial score (nSPS) is 9.33. The lowest BCUT2D eigenvalue weighted by Gasteiger charge is -1.77. The van der Waals surface area contributed by atoms with Crippen molar-refractivity contribution in [3.63, 3.8) is 0 Å². The summed E-state index contributed by atoms with van der Waals surface area (Å²) in [6.07, 6.45) is 0. The van der Waals surface area contributed by atoms with Crippen LogP contribution in [0.15, 0.2) is 4.79 Å². The second-order valence-corrected chi connectivity index (χ2v) is 1.98. The Labute approximate surface area is 53.1 Å². The molecular weight excluding hydrogens is 144 g/mol. The van der Waals surface area contributed by atoms with Crippen molar-refractivity contribution in [1.29, 1.82) is 0 Å². The number of hydrogen-bond acceptors (Lipinski definition) is 4. The fourth-order valence-corrected chi connectivity index (χ4v) is 0.762. The fourth-order valence-electron chi connectivity index (χ4n) is 0.322. The van der Waals surface area contributed by atoms with E-state index < -0.39 is 10.8 Å². The zero-order valence-electron chi connectivity index (χ0n) is 4.12. The molecule has 0 saturated carbocycles. The highest BCUT2D eigenvalue weighted by atomic mass is 32.1. The van der Waals surface area contributed by atoms with Gasteiger partial charge in [-0.2, -0.15) is 4.37 Å². The highest BCUT2D eigenvalue weighted by Gasteiger charge is 2.05. The maximum absolute atomic E-state index is 10.2. The van der Waals surface area contributed by atoms with Gasteiger partial charge in [0.15, 0.2) is 0 Å². The molecule has 0 unspecified atom stereocenters. The third-order valence-corrected chi connectivity index (χ3v) is 1.18. The molecule has 9 heavy (non-hydrogen) atoms. The van der Waals surface area contributed by atoms with E-state index in [4.69, 9.17) is 5.11 Å². The number of nitrogens with one attached hydrogen (secondary N) is 1. The number of carbonyl (C=O) groups is 1. The molecule has 0 aromatic carbocycles. The summed E-state index contributed by atoms with van der Waals surface area (Å²) in [7, 11) is 0. The van der Waals surface area contributed by atoms with E-state index in [1.807, 2.05) is 4.98 Å². The Hall–Kier alpha value is -1.17. The van der Waals surface area contributed by atoms with Crippen molar-refractivity contribution >= 4 is 17.5 Å². The molecule has 1 aromatic rings. The van der Waals surface area contributed by atoms with Gasteiger partial charge in [-0.1, -0.05) is 0 Å². The van der Waals surface area contributed by atoms with Crippen molar-refractivity contribution in [3.05, 3.63) is 15.5 Å². The molecule has 2 N–H and O–H groups in total. The van der Waals surface area contributed by atoms with E-state index in [1.165, 1.54) is 0 Å². The minimum Gasteiger partial charge on any atom is -0.475 e. The summed E-state index contributed by atoms with van der Waals surface area (Å²) in [4.78, 5) is 21.8. The van der Waals surface area contributed by atoms with Crippen molar-refractivity contribution < 1.29 is 9.90 Å². The van der Waals surface area contributed by atoms with Crippen molar-refractivity contribution in [2.24, 2.45) is 0 Å². The minimum absolute atomic E-state index is 0.301. The molecule has 0 atom stereocenters. The Morgan fingerprint density at radius 2 is 2.44 bits per heavy atom. The van der Waals surface area contributed by atoms with Gasteiger partial charge in [-0.15, -0.1) is 0 Å². The molecule has 0 aliphatic rings. The lowest BCUT2D eigenvalue weighted by atomic mass is 10.7. The van der Waals surface area contributed by atoms with E-state index >= 15 is 0 Å². The minimum atomic E-state index is -1.21. The van der Waals surface area contributed by atoms with Gasteiger partial charge in [-0.3, -0.25) is 9.78 Å². The third kappa shape index (κ3) is 1.14. The Morgan fingerprint density at radius 3 is 2.67 bits per heavy atom. The van der Waals surface area contributed by atoms with Gasteiger partial charge in [0, 0.05) is 11.5 Å². The Kier molecular flexibility index (Phi) is 1.31. The largest absolute Gasteiger partial charge is 0.475 e. The molecule has 0 bridgehead atoms. The molecule has 1 aromatic heterocycles. The first-order chi connectivity index (χ1) is 4.20. The monoisotopic (exact) mass is 146 g/mol. The summed E-state index contributed by atoms with van der Waals surface area (Å²) in [6, 6.07) is 0. The van der Waals surface area contributed by atoms with Crippen LogP contribution in [0.2, 0.25) is 0 Å². The number of carboxylic acid groups (broad SMARTS) is 1. The van der Waals surface area contributed by atoms with Crippen LogP contribution in [0, 0.1) is 0 Å². The lowest BCUT2D eigenvalue weighted by Crippen LogP contribution is -2.02. The molecule has 1 rings (SSSR count). The SMILES string of the molecule is O=C(O)c1nsc(=O)[nH]1. The average molecular weight is 146 g/mol. The van der Waals surface area contributed by atoms with Crippen LogP contribution in [-0.2, 0) is 0 Å². The lowest BCUT2D eigenvalue weighted by molar-refractivity contribution is 0.0685.